The predicted octanol–water partition coefficient (Wildman–Crippen LogP) is 3.55. The maximum Gasteiger partial charge on any atom is 0.191 e. The Morgan fingerprint density at radius 2 is 1.96 bits per heavy atom. The highest BCUT2D eigenvalue weighted by molar-refractivity contribution is 14.0. The van der Waals surface area contributed by atoms with Gasteiger partial charge in [-0.3, -0.25) is 0 Å². The summed E-state index contributed by atoms with van der Waals surface area (Å²) in [6.07, 6.45) is 3.60. The van der Waals surface area contributed by atoms with E-state index in [4.69, 9.17) is 9.73 Å². The van der Waals surface area contributed by atoms with Crippen molar-refractivity contribution in [2.24, 2.45) is 4.99 Å². The van der Waals surface area contributed by atoms with Crippen molar-refractivity contribution in [2.75, 3.05) is 33.3 Å². The Morgan fingerprint density at radius 1 is 1.23 bits per heavy atom. The number of ether oxygens (including phenoxy) is 1. The molecule has 0 radical (unpaired) electrons. The average Bonchev–Trinajstić information content (AvgIpc) is 2.61. The minimum Gasteiger partial charge on any atom is -0.497 e. The van der Waals surface area contributed by atoms with Gasteiger partial charge in [-0.2, -0.15) is 0 Å². The minimum atomic E-state index is 0. The SMILES string of the molecule is CCCN1CCC(NC(=NCc2cc(C)cc(OC)c2)NCC)CC1.I. The number of methoxy groups -OCH3 is 1. The van der Waals surface area contributed by atoms with Crippen LogP contribution in [0.15, 0.2) is 23.2 Å². The number of aryl methyl sites for hydroxylation is 1. The lowest BCUT2D eigenvalue weighted by Gasteiger charge is -2.32. The third kappa shape index (κ3) is 7.70. The average molecular weight is 474 g/mol. The van der Waals surface area contributed by atoms with Crippen LogP contribution in [-0.4, -0.2) is 50.2 Å². The fraction of sp³-hybridized carbons (Fsp3) is 0.650. The first-order valence-corrected chi connectivity index (χ1v) is 9.56. The summed E-state index contributed by atoms with van der Waals surface area (Å²) < 4.78 is 5.36. The van der Waals surface area contributed by atoms with Crippen LogP contribution in [0.3, 0.4) is 0 Å². The van der Waals surface area contributed by atoms with Crippen molar-refractivity contribution in [3.05, 3.63) is 29.3 Å². The van der Waals surface area contributed by atoms with E-state index < -0.39 is 0 Å². The highest BCUT2D eigenvalue weighted by Crippen LogP contribution is 2.17. The lowest BCUT2D eigenvalue weighted by Crippen LogP contribution is -2.48. The summed E-state index contributed by atoms with van der Waals surface area (Å²) in [5.74, 6) is 1.81. The number of benzene rings is 1. The number of nitrogens with zero attached hydrogens (tertiary/aromatic N) is 2. The molecule has 0 amide bonds. The number of nitrogens with one attached hydrogen (secondary N) is 2. The number of hydrogen-bond acceptors (Lipinski definition) is 3. The normalized spacial score (nSPS) is 16.1. The number of hydrogen-bond donors (Lipinski definition) is 2. The molecule has 0 atom stereocenters. The van der Waals surface area contributed by atoms with Crippen molar-refractivity contribution >= 4 is 29.9 Å². The van der Waals surface area contributed by atoms with Gasteiger partial charge in [0.2, 0.25) is 0 Å². The van der Waals surface area contributed by atoms with Gasteiger partial charge in [0.1, 0.15) is 5.75 Å². The van der Waals surface area contributed by atoms with Gasteiger partial charge in [-0.1, -0.05) is 13.0 Å². The maximum atomic E-state index is 5.36. The van der Waals surface area contributed by atoms with E-state index in [1.807, 2.05) is 6.07 Å². The van der Waals surface area contributed by atoms with Crippen LogP contribution in [0, 0.1) is 6.92 Å². The van der Waals surface area contributed by atoms with E-state index in [0.717, 1.165) is 18.3 Å². The van der Waals surface area contributed by atoms with Gasteiger partial charge in [0.25, 0.3) is 0 Å². The van der Waals surface area contributed by atoms with Crippen LogP contribution < -0.4 is 15.4 Å². The van der Waals surface area contributed by atoms with E-state index in [1.54, 1.807) is 7.11 Å². The molecule has 0 unspecified atom stereocenters. The molecule has 1 aliphatic rings. The Labute approximate surface area is 176 Å². The van der Waals surface area contributed by atoms with E-state index in [-0.39, 0.29) is 24.0 Å². The van der Waals surface area contributed by atoms with Crippen molar-refractivity contribution < 1.29 is 4.74 Å². The summed E-state index contributed by atoms with van der Waals surface area (Å²) in [5, 5.41) is 6.99. The third-order valence-electron chi connectivity index (χ3n) is 4.58. The largest absolute Gasteiger partial charge is 0.497 e. The van der Waals surface area contributed by atoms with Crippen LogP contribution in [0.1, 0.15) is 44.2 Å². The summed E-state index contributed by atoms with van der Waals surface area (Å²) in [6, 6.07) is 6.78. The second-order valence-electron chi connectivity index (χ2n) is 6.81. The molecule has 1 aliphatic heterocycles. The fourth-order valence-electron chi connectivity index (χ4n) is 3.33. The van der Waals surface area contributed by atoms with Crippen molar-refractivity contribution in [2.45, 2.75) is 52.6 Å². The molecule has 0 saturated carbocycles. The Bertz CT molecular complexity index is 557. The zero-order chi connectivity index (χ0) is 18.1. The number of piperidine rings is 1. The Kier molecular flexibility index (Phi) is 11.0. The molecule has 26 heavy (non-hydrogen) atoms. The minimum absolute atomic E-state index is 0. The van der Waals surface area contributed by atoms with Gasteiger partial charge < -0.3 is 20.3 Å². The number of guanidine groups is 1. The van der Waals surface area contributed by atoms with Gasteiger partial charge in [0.05, 0.1) is 13.7 Å². The lowest BCUT2D eigenvalue weighted by molar-refractivity contribution is 0.206. The van der Waals surface area contributed by atoms with Gasteiger partial charge in [-0.25, -0.2) is 4.99 Å². The molecule has 1 heterocycles. The van der Waals surface area contributed by atoms with Gasteiger partial charge >= 0.3 is 0 Å². The molecule has 2 rings (SSSR count). The molecular weight excluding hydrogens is 439 g/mol. The maximum absolute atomic E-state index is 5.36. The second kappa shape index (κ2) is 12.4. The number of aliphatic imine (C=N–C) groups is 1. The summed E-state index contributed by atoms with van der Waals surface area (Å²) in [6.45, 7) is 11.6. The number of rotatable bonds is 7. The Morgan fingerprint density at radius 3 is 2.58 bits per heavy atom. The molecule has 148 valence electrons. The molecule has 0 aromatic heterocycles. The molecule has 0 aliphatic carbocycles. The highest BCUT2D eigenvalue weighted by Gasteiger charge is 2.19. The summed E-state index contributed by atoms with van der Waals surface area (Å²) >= 11 is 0. The molecular formula is C20H35IN4O. The Balaban J connectivity index is 0.00000338. The molecule has 0 spiro atoms. The van der Waals surface area contributed by atoms with E-state index >= 15 is 0 Å². The second-order valence-corrected chi connectivity index (χ2v) is 6.81. The van der Waals surface area contributed by atoms with Gasteiger partial charge in [-0.15, -0.1) is 24.0 Å². The van der Waals surface area contributed by atoms with Crippen LogP contribution >= 0.6 is 24.0 Å². The molecule has 1 aromatic rings. The van der Waals surface area contributed by atoms with Crippen molar-refractivity contribution in [3.8, 4) is 5.75 Å². The molecule has 5 nitrogen and oxygen atoms in total. The van der Waals surface area contributed by atoms with Crippen LogP contribution in [0.5, 0.6) is 5.75 Å². The van der Waals surface area contributed by atoms with E-state index in [0.29, 0.717) is 12.6 Å². The van der Waals surface area contributed by atoms with Crippen LogP contribution in [0.2, 0.25) is 0 Å². The topological polar surface area (TPSA) is 48.9 Å². The molecule has 1 saturated heterocycles. The number of halogens is 1. The third-order valence-corrected chi connectivity index (χ3v) is 4.58. The summed E-state index contributed by atoms with van der Waals surface area (Å²) in [5.41, 5.74) is 2.37. The lowest BCUT2D eigenvalue weighted by atomic mass is 10.1. The highest BCUT2D eigenvalue weighted by atomic mass is 127. The van der Waals surface area contributed by atoms with Crippen LogP contribution in [0.4, 0.5) is 0 Å². The van der Waals surface area contributed by atoms with Crippen molar-refractivity contribution in [1.29, 1.82) is 0 Å². The molecule has 1 fully saturated rings. The predicted molar refractivity (Wildman–Crippen MR) is 121 cm³/mol. The molecule has 2 N–H and O–H groups in total. The smallest absolute Gasteiger partial charge is 0.191 e. The summed E-state index contributed by atoms with van der Waals surface area (Å²) in [7, 11) is 1.71. The van der Waals surface area contributed by atoms with E-state index in [9.17, 15) is 0 Å². The van der Waals surface area contributed by atoms with E-state index in [1.165, 1.54) is 50.0 Å². The quantitative estimate of drug-likeness (QED) is 0.361. The fourth-order valence-corrected chi connectivity index (χ4v) is 3.33. The number of likely N-dealkylation sites (tertiary alicyclic amines) is 1. The first-order chi connectivity index (χ1) is 12.1. The van der Waals surface area contributed by atoms with Gasteiger partial charge in [0, 0.05) is 25.7 Å². The zero-order valence-corrected chi connectivity index (χ0v) is 19.0. The van der Waals surface area contributed by atoms with Crippen molar-refractivity contribution in [1.82, 2.24) is 15.5 Å². The van der Waals surface area contributed by atoms with Crippen molar-refractivity contribution in [3.63, 3.8) is 0 Å². The molecule has 6 heteroatoms. The first-order valence-electron chi connectivity index (χ1n) is 9.56. The van der Waals surface area contributed by atoms with Gasteiger partial charge in [0.15, 0.2) is 5.96 Å². The molecule has 0 bridgehead atoms. The van der Waals surface area contributed by atoms with Gasteiger partial charge in [-0.05, 0) is 62.9 Å². The Hall–Kier alpha value is -1.02. The zero-order valence-electron chi connectivity index (χ0n) is 16.7. The van der Waals surface area contributed by atoms with E-state index in [2.05, 4.69) is 48.4 Å². The first kappa shape index (κ1) is 23.0. The monoisotopic (exact) mass is 474 g/mol. The summed E-state index contributed by atoms with van der Waals surface area (Å²) in [4.78, 5) is 7.33. The van der Waals surface area contributed by atoms with Crippen LogP contribution in [0.25, 0.3) is 0 Å². The van der Waals surface area contributed by atoms with Crippen LogP contribution in [-0.2, 0) is 6.54 Å². The molecule has 1 aromatic carbocycles. The standard InChI is InChI=1S/C20H34N4O.HI/c1-5-9-24-10-7-18(8-11-24)23-20(21-6-2)22-15-17-12-16(3)13-19(14-17)25-4;/h12-14,18H,5-11,15H2,1-4H3,(H2,21,22,23);1H.